The van der Waals surface area contributed by atoms with E-state index < -0.39 is 12.8 Å². The fraction of sp³-hybridized carbons (Fsp3) is 0.524. The van der Waals surface area contributed by atoms with Crippen molar-refractivity contribution < 1.29 is 17.1 Å². The Labute approximate surface area is 147 Å². The summed E-state index contributed by atoms with van der Waals surface area (Å²) in [5, 5.41) is 21.3. The van der Waals surface area contributed by atoms with Crippen molar-refractivity contribution in [3.63, 3.8) is 0 Å². The van der Waals surface area contributed by atoms with Crippen LogP contribution < -0.4 is 0 Å². The molecule has 2 rings (SSSR count). The molecule has 126 valence electrons. The van der Waals surface area contributed by atoms with E-state index in [9.17, 15) is 10.2 Å². The SMILES string of the molecule is [2H]C([2H])=C(C)[C@@H]1CCC(C([2H])([2H])[2H])=C[C@H]1c1c(O)cc(CCCCC)cc1O. The highest BCUT2D eigenvalue weighted by molar-refractivity contribution is 5.51. The third-order valence-electron chi connectivity index (χ3n) is 4.69. The molecular formula is C21H30O2. The van der Waals surface area contributed by atoms with Crippen LogP contribution in [0.1, 0.15) is 76.7 Å². The van der Waals surface area contributed by atoms with Gasteiger partial charge >= 0.3 is 0 Å². The summed E-state index contributed by atoms with van der Waals surface area (Å²) in [6, 6.07) is 3.28. The molecule has 1 aliphatic carbocycles. The molecule has 0 spiro atoms. The van der Waals surface area contributed by atoms with Gasteiger partial charge in [-0.2, -0.15) is 0 Å². The lowest BCUT2D eigenvalue weighted by molar-refractivity contribution is 0.406. The standard InChI is InChI=1S/C21H30O2/c1-5-6-7-8-16-12-19(22)21(20(23)13-16)18-11-15(4)9-10-17(18)14(2)3/h11-13,17-18,22-23H,2,5-10H2,1,3-4H3/t17-,18+/m0/s1/i2D2,4D3. The minimum Gasteiger partial charge on any atom is -0.507 e. The van der Waals surface area contributed by atoms with Gasteiger partial charge in [-0.3, -0.25) is 0 Å². The van der Waals surface area contributed by atoms with E-state index in [1.54, 1.807) is 25.1 Å². The number of phenols is 2. The maximum atomic E-state index is 10.7. The summed E-state index contributed by atoms with van der Waals surface area (Å²) in [6.07, 6.45) is 6.27. The highest BCUT2D eigenvalue weighted by atomic mass is 16.3. The number of phenolic OH excluding ortho intramolecular Hbond substituents is 2. The Morgan fingerprint density at radius 3 is 2.70 bits per heavy atom. The van der Waals surface area contributed by atoms with E-state index in [0.29, 0.717) is 24.0 Å². The quantitative estimate of drug-likeness (QED) is 0.510. The minimum absolute atomic E-state index is 0.0612. The lowest BCUT2D eigenvalue weighted by Crippen LogP contribution is -2.17. The fourth-order valence-electron chi connectivity index (χ4n) is 3.42. The second-order valence-electron chi connectivity index (χ2n) is 6.55. The maximum Gasteiger partial charge on any atom is 0.123 e. The van der Waals surface area contributed by atoms with Crippen LogP contribution in [-0.2, 0) is 6.42 Å². The third kappa shape index (κ3) is 4.19. The van der Waals surface area contributed by atoms with Gasteiger partial charge in [0, 0.05) is 15.6 Å². The van der Waals surface area contributed by atoms with Crippen molar-refractivity contribution in [1.82, 2.24) is 0 Å². The zero-order valence-electron chi connectivity index (χ0n) is 19.0. The van der Waals surface area contributed by atoms with Gasteiger partial charge in [-0.1, -0.05) is 43.5 Å². The largest absolute Gasteiger partial charge is 0.507 e. The van der Waals surface area contributed by atoms with Crippen molar-refractivity contribution in [2.45, 2.75) is 65.1 Å². The normalized spacial score (nSPS) is 24.6. The molecule has 2 N–H and O–H groups in total. The van der Waals surface area contributed by atoms with Gasteiger partial charge in [-0.25, -0.2) is 0 Å². The highest BCUT2D eigenvalue weighted by Gasteiger charge is 2.29. The topological polar surface area (TPSA) is 40.5 Å². The van der Waals surface area contributed by atoms with Gasteiger partial charge in [0.2, 0.25) is 0 Å². The van der Waals surface area contributed by atoms with Gasteiger partial charge < -0.3 is 10.2 Å². The minimum atomic E-state index is -2.24. The molecule has 0 saturated carbocycles. The molecule has 0 radical (unpaired) electrons. The van der Waals surface area contributed by atoms with E-state index in [1.165, 1.54) is 0 Å². The average Bonchev–Trinajstić information content (AvgIpc) is 2.60. The van der Waals surface area contributed by atoms with E-state index in [1.807, 2.05) is 0 Å². The number of allylic oxidation sites excluding steroid dienone is 3. The summed E-state index contributed by atoms with van der Waals surface area (Å²) in [5.74, 6) is -1.01. The number of hydrogen-bond acceptors (Lipinski definition) is 2. The average molecular weight is 319 g/mol. The highest BCUT2D eigenvalue weighted by Crippen LogP contribution is 2.46. The van der Waals surface area contributed by atoms with Crippen LogP contribution in [0.15, 0.2) is 35.9 Å². The summed E-state index contributed by atoms with van der Waals surface area (Å²) in [5.41, 5.74) is 1.94. The second kappa shape index (κ2) is 7.72. The first kappa shape index (κ1) is 11.8. The Hall–Kier alpha value is -1.70. The molecule has 0 aromatic heterocycles. The predicted molar refractivity (Wildman–Crippen MR) is 97.0 cm³/mol. The lowest BCUT2D eigenvalue weighted by Gasteiger charge is -2.31. The number of benzene rings is 1. The van der Waals surface area contributed by atoms with E-state index in [-0.39, 0.29) is 29.5 Å². The van der Waals surface area contributed by atoms with Gasteiger partial charge in [0.15, 0.2) is 0 Å². The van der Waals surface area contributed by atoms with Crippen LogP contribution in [0.3, 0.4) is 0 Å². The number of rotatable bonds is 6. The first-order valence-electron chi connectivity index (χ1n) is 11.0. The molecule has 0 heterocycles. The predicted octanol–water partition coefficient (Wildman–Crippen LogP) is 5.85. The first-order chi connectivity index (χ1) is 13.1. The van der Waals surface area contributed by atoms with Gasteiger partial charge in [-0.15, -0.1) is 0 Å². The van der Waals surface area contributed by atoms with Crippen LogP contribution in [0.4, 0.5) is 0 Å². The van der Waals surface area contributed by atoms with E-state index in [2.05, 4.69) is 6.92 Å². The Balaban J connectivity index is 2.50. The van der Waals surface area contributed by atoms with Gasteiger partial charge in [0.25, 0.3) is 0 Å². The third-order valence-corrected chi connectivity index (χ3v) is 4.69. The van der Waals surface area contributed by atoms with Crippen LogP contribution in [-0.4, -0.2) is 10.2 Å². The number of aromatic hydroxyl groups is 2. The van der Waals surface area contributed by atoms with Crippen LogP contribution in [0.2, 0.25) is 0 Å². The van der Waals surface area contributed by atoms with E-state index >= 15 is 0 Å². The van der Waals surface area contributed by atoms with Crippen molar-refractivity contribution in [3.8, 4) is 11.5 Å². The van der Waals surface area contributed by atoms with Crippen LogP contribution >= 0.6 is 0 Å². The Kier molecular flexibility index (Phi) is 3.95. The Morgan fingerprint density at radius 1 is 1.35 bits per heavy atom. The molecule has 0 unspecified atom stereocenters. The summed E-state index contributed by atoms with van der Waals surface area (Å²) in [7, 11) is 0. The maximum absolute atomic E-state index is 10.7. The molecule has 0 amide bonds. The van der Waals surface area contributed by atoms with Crippen molar-refractivity contribution in [1.29, 1.82) is 0 Å². The zero-order chi connectivity index (χ0) is 21.1. The first-order valence-corrected chi connectivity index (χ1v) is 8.46. The number of hydrogen-bond donors (Lipinski definition) is 2. The van der Waals surface area contributed by atoms with Gasteiger partial charge in [0.05, 0.1) is 2.74 Å². The molecule has 1 aromatic carbocycles. The van der Waals surface area contributed by atoms with Crippen molar-refractivity contribution in [2.75, 3.05) is 0 Å². The number of aryl methyl sites for hydroxylation is 1. The molecule has 0 aliphatic heterocycles. The molecule has 0 saturated heterocycles. The smallest absolute Gasteiger partial charge is 0.123 e. The summed E-state index contributed by atoms with van der Waals surface area (Å²) >= 11 is 0. The van der Waals surface area contributed by atoms with Crippen LogP contribution in [0.25, 0.3) is 0 Å². The van der Waals surface area contributed by atoms with Gasteiger partial charge in [0.1, 0.15) is 11.5 Å². The number of unbranched alkanes of at least 4 members (excludes halogenated alkanes) is 2. The van der Waals surface area contributed by atoms with Crippen molar-refractivity contribution >= 4 is 0 Å². The molecule has 1 aromatic rings. The van der Waals surface area contributed by atoms with Crippen LogP contribution in [0, 0.1) is 5.92 Å². The van der Waals surface area contributed by atoms with Crippen LogP contribution in [0.5, 0.6) is 11.5 Å². The molecule has 2 nitrogen and oxygen atoms in total. The second-order valence-corrected chi connectivity index (χ2v) is 6.55. The Morgan fingerprint density at radius 2 is 2.09 bits per heavy atom. The molecule has 23 heavy (non-hydrogen) atoms. The fourth-order valence-corrected chi connectivity index (χ4v) is 3.42. The molecule has 1 aliphatic rings. The van der Waals surface area contributed by atoms with Crippen molar-refractivity contribution in [2.24, 2.45) is 5.92 Å². The van der Waals surface area contributed by atoms with E-state index in [4.69, 9.17) is 6.85 Å². The molecule has 2 heteroatoms. The summed E-state index contributed by atoms with van der Waals surface area (Å²) in [4.78, 5) is 0. The molecule has 0 bridgehead atoms. The monoisotopic (exact) mass is 319 g/mol. The van der Waals surface area contributed by atoms with Crippen molar-refractivity contribution in [3.05, 3.63) is 47.0 Å². The van der Waals surface area contributed by atoms with Gasteiger partial charge in [-0.05, 0) is 63.1 Å². The molecule has 2 atom stereocenters. The van der Waals surface area contributed by atoms with E-state index in [0.717, 1.165) is 31.2 Å². The summed E-state index contributed by atoms with van der Waals surface area (Å²) in [6.45, 7) is 1.25. The Bertz CT molecular complexity index is 738. The summed E-state index contributed by atoms with van der Waals surface area (Å²) < 4.78 is 38.5. The molecular weight excluding hydrogens is 284 g/mol. The lowest BCUT2D eigenvalue weighted by atomic mass is 9.73. The molecule has 0 fully saturated rings. The zero-order valence-corrected chi connectivity index (χ0v) is 14.0.